The monoisotopic (exact) mass is 378 g/mol. The molecule has 4 rings (SSSR count). The third-order valence-electron chi connectivity index (χ3n) is 4.09. The van der Waals surface area contributed by atoms with Crippen LogP contribution in [0.15, 0.2) is 64.7 Å². The third kappa shape index (κ3) is 3.98. The van der Waals surface area contributed by atoms with Gasteiger partial charge in [0.15, 0.2) is 10.8 Å². The van der Waals surface area contributed by atoms with Gasteiger partial charge in [0.2, 0.25) is 5.91 Å². The largest absolute Gasteiger partial charge is 0.462 e. The summed E-state index contributed by atoms with van der Waals surface area (Å²) in [4.78, 5) is 24.5. The minimum absolute atomic E-state index is 0.101. The summed E-state index contributed by atoms with van der Waals surface area (Å²) in [5, 5.41) is 5.61. The van der Waals surface area contributed by atoms with Crippen LogP contribution in [0.4, 0.5) is 0 Å². The standard InChI is InChI=1S/C20H18N4O2S/c1-13(19-21-11-16(24-19)14-6-3-2-4-7-14)22-18(25)10-15-12-27-20(23-15)17-8-5-9-26-17/h2-9,11-13H,10H2,1H3,(H,21,24)(H,22,25). The molecule has 6 nitrogen and oxygen atoms in total. The van der Waals surface area contributed by atoms with Crippen LogP contribution in [0.1, 0.15) is 24.5 Å². The average molecular weight is 378 g/mol. The second-order valence-corrected chi connectivity index (χ2v) is 6.99. The van der Waals surface area contributed by atoms with Crippen molar-refractivity contribution in [1.29, 1.82) is 0 Å². The Labute approximate surface area is 160 Å². The van der Waals surface area contributed by atoms with Crippen LogP contribution in [0.3, 0.4) is 0 Å². The van der Waals surface area contributed by atoms with E-state index in [0.717, 1.165) is 27.8 Å². The number of carbonyl (C=O) groups is 1. The molecule has 136 valence electrons. The zero-order valence-corrected chi connectivity index (χ0v) is 15.5. The lowest BCUT2D eigenvalue weighted by Crippen LogP contribution is -2.28. The van der Waals surface area contributed by atoms with Crippen LogP contribution >= 0.6 is 11.3 Å². The zero-order chi connectivity index (χ0) is 18.6. The van der Waals surface area contributed by atoms with Crippen LogP contribution in [0, 0.1) is 0 Å². The second-order valence-electron chi connectivity index (χ2n) is 6.14. The molecule has 0 fully saturated rings. The Morgan fingerprint density at radius 1 is 1.26 bits per heavy atom. The summed E-state index contributed by atoms with van der Waals surface area (Å²) in [6.45, 7) is 1.90. The molecule has 3 heterocycles. The van der Waals surface area contributed by atoms with Gasteiger partial charge >= 0.3 is 0 Å². The summed E-state index contributed by atoms with van der Waals surface area (Å²) in [5.41, 5.74) is 2.71. The molecule has 1 amide bonds. The highest BCUT2D eigenvalue weighted by Gasteiger charge is 2.15. The van der Waals surface area contributed by atoms with Gasteiger partial charge in [-0.3, -0.25) is 4.79 Å². The van der Waals surface area contributed by atoms with Crippen molar-refractivity contribution in [3.8, 4) is 22.0 Å². The van der Waals surface area contributed by atoms with Crippen molar-refractivity contribution in [2.24, 2.45) is 0 Å². The summed E-state index contributed by atoms with van der Waals surface area (Å²) in [6.07, 6.45) is 3.61. The van der Waals surface area contributed by atoms with Crippen LogP contribution in [-0.4, -0.2) is 20.9 Å². The first-order valence-corrected chi connectivity index (χ1v) is 9.45. The fourth-order valence-corrected chi connectivity index (χ4v) is 3.53. The van der Waals surface area contributed by atoms with Crippen molar-refractivity contribution >= 4 is 17.2 Å². The lowest BCUT2D eigenvalue weighted by atomic mass is 10.2. The molecule has 2 N–H and O–H groups in total. The van der Waals surface area contributed by atoms with Crippen LogP contribution < -0.4 is 5.32 Å². The Kier molecular flexibility index (Phi) is 4.84. The maximum atomic E-state index is 12.4. The predicted molar refractivity (Wildman–Crippen MR) is 104 cm³/mol. The van der Waals surface area contributed by atoms with Gasteiger partial charge in [-0.1, -0.05) is 30.3 Å². The Morgan fingerprint density at radius 3 is 2.89 bits per heavy atom. The topological polar surface area (TPSA) is 83.8 Å². The minimum atomic E-state index is -0.224. The highest BCUT2D eigenvalue weighted by Crippen LogP contribution is 2.24. The molecule has 0 radical (unpaired) electrons. The van der Waals surface area contributed by atoms with E-state index in [0.29, 0.717) is 5.76 Å². The van der Waals surface area contributed by atoms with Crippen molar-refractivity contribution in [2.45, 2.75) is 19.4 Å². The Balaban J connectivity index is 1.38. The number of thiazole rings is 1. The summed E-state index contributed by atoms with van der Waals surface area (Å²) >= 11 is 1.46. The number of carbonyl (C=O) groups excluding carboxylic acids is 1. The van der Waals surface area contributed by atoms with E-state index in [4.69, 9.17) is 4.42 Å². The number of H-pyrrole nitrogens is 1. The van der Waals surface area contributed by atoms with Crippen molar-refractivity contribution in [1.82, 2.24) is 20.3 Å². The normalized spacial score (nSPS) is 12.0. The van der Waals surface area contributed by atoms with Crippen LogP contribution in [0.25, 0.3) is 22.0 Å². The number of rotatable bonds is 6. The van der Waals surface area contributed by atoms with Gasteiger partial charge in [-0.2, -0.15) is 0 Å². The van der Waals surface area contributed by atoms with E-state index < -0.39 is 0 Å². The number of hydrogen-bond donors (Lipinski definition) is 2. The predicted octanol–water partition coefficient (Wildman–Crippen LogP) is 4.21. The average Bonchev–Trinajstić information content (AvgIpc) is 3.43. The molecule has 0 bridgehead atoms. The van der Waals surface area contributed by atoms with E-state index in [1.54, 1.807) is 12.5 Å². The highest BCUT2D eigenvalue weighted by atomic mass is 32.1. The van der Waals surface area contributed by atoms with E-state index in [2.05, 4.69) is 20.3 Å². The Morgan fingerprint density at radius 2 is 2.11 bits per heavy atom. The highest BCUT2D eigenvalue weighted by molar-refractivity contribution is 7.13. The molecular weight excluding hydrogens is 360 g/mol. The van der Waals surface area contributed by atoms with Gasteiger partial charge in [-0.15, -0.1) is 11.3 Å². The molecule has 27 heavy (non-hydrogen) atoms. The van der Waals surface area contributed by atoms with Gasteiger partial charge in [0, 0.05) is 5.38 Å². The molecule has 0 saturated carbocycles. The summed E-state index contributed by atoms with van der Waals surface area (Å²) < 4.78 is 5.33. The zero-order valence-electron chi connectivity index (χ0n) is 14.7. The smallest absolute Gasteiger partial charge is 0.226 e. The number of nitrogens with zero attached hydrogens (tertiary/aromatic N) is 2. The van der Waals surface area contributed by atoms with Crippen LogP contribution in [0.5, 0.6) is 0 Å². The molecule has 1 unspecified atom stereocenters. The molecule has 0 aliphatic heterocycles. The molecule has 0 aliphatic carbocycles. The number of aromatic nitrogens is 3. The van der Waals surface area contributed by atoms with E-state index in [1.807, 2.05) is 54.8 Å². The first kappa shape index (κ1) is 17.2. The molecule has 7 heteroatoms. The number of nitrogens with one attached hydrogen (secondary N) is 2. The first-order valence-electron chi connectivity index (χ1n) is 8.57. The molecule has 0 saturated heterocycles. The van der Waals surface area contributed by atoms with Crippen molar-refractivity contribution in [3.05, 3.63) is 71.8 Å². The van der Waals surface area contributed by atoms with Crippen molar-refractivity contribution in [2.75, 3.05) is 0 Å². The fourth-order valence-electron chi connectivity index (χ4n) is 2.75. The second kappa shape index (κ2) is 7.59. The summed E-state index contributed by atoms with van der Waals surface area (Å²) in [6, 6.07) is 13.4. The van der Waals surface area contributed by atoms with Crippen molar-refractivity contribution in [3.63, 3.8) is 0 Å². The molecule has 1 atom stereocenters. The number of furan rings is 1. The molecule has 1 aromatic carbocycles. The summed E-state index contributed by atoms with van der Waals surface area (Å²) in [5.74, 6) is 1.33. The van der Waals surface area contributed by atoms with E-state index in [-0.39, 0.29) is 18.4 Å². The molecule has 4 aromatic rings. The van der Waals surface area contributed by atoms with Crippen LogP contribution in [-0.2, 0) is 11.2 Å². The molecule has 0 spiro atoms. The van der Waals surface area contributed by atoms with E-state index in [1.165, 1.54) is 11.3 Å². The lowest BCUT2D eigenvalue weighted by molar-refractivity contribution is -0.121. The number of benzene rings is 1. The fraction of sp³-hybridized carbons (Fsp3) is 0.150. The quantitative estimate of drug-likeness (QED) is 0.526. The Bertz CT molecular complexity index is 1020. The molecular formula is C20H18N4O2S. The SMILES string of the molecule is CC(NC(=O)Cc1csc(-c2ccco2)n1)c1ncc(-c2ccccc2)[nH]1. The van der Waals surface area contributed by atoms with Gasteiger partial charge in [0.25, 0.3) is 0 Å². The van der Waals surface area contributed by atoms with Crippen molar-refractivity contribution < 1.29 is 9.21 Å². The van der Waals surface area contributed by atoms with Crippen LogP contribution in [0.2, 0.25) is 0 Å². The van der Waals surface area contributed by atoms with Gasteiger partial charge in [-0.05, 0) is 24.6 Å². The van der Waals surface area contributed by atoms with E-state index >= 15 is 0 Å². The van der Waals surface area contributed by atoms with Gasteiger partial charge in [0.1, 0.15) is 5.82 Å². The lowest BCUT2D eigenvalue weighted by Gasteiger charge is -2.11. The minimum Gasteiger partial charge on any atom is -0.462 e. The third-order valence-corrected chi connectivity index (χ3v) is 5.00. The van der Waals surface area contributed by atoms with Gasteiger partial charge < -0.3 is 14.7 Å². The maximum Gasteiger partial charge on any atom is 0.226 e. The number of amides is 1. The van der Waals surface area contributed by atoms with Gasteiger partial charge in [-0.25, -0.2) is 9.97 Å². The van der Waals surface area contributed by atoms with Gasteiger partial charge in [0.05, 0.1) is 36.3 Å². The Hall–Kier alpha value is -3.19. The summed E-state index contributed by atoms with van der Waals surface area (Å²) in [7, 11) is 0. The molecule has 0 aliphatic rings. The molecule has 3 aromatic heterocycles. The number of hydrogen-bond acceptors (Lipinski definition) is 5. The number of aromatic amines is 1. The number of imidazole rings is 1. The maximum absolute atomic E-state index is 12.4. The van der Waals surface area contributed by atoms with E-state index in [9.17, 15) is 4.79 Å². The first-order chi connectivity index (χ1) is 13.2.